The maximum Gasteiger partial charge on any atom is 0.229 e. The quantitative estimate of drug-likeness (QED) is 0.846. The molecule has 2 bridgehead atoms. The summed E-state index contributed by atoms with van der Waals surface area (Å²) in [5.41, 5.74) is 8.64. The summed E-state index contributed by atoms with van der Waals surface area (Å²) < 4.78 is 0.835. The van der Waals surface area contributed by atoms with Gasteiger partial charge in [-0.3, -0.25) is 4.79 Å². The van der Waals surface area contributed by atoms with Crippen LogP contribution in [-0.2, 0) is 4.79 Å². The van der Waals surface area contributed by atoms with Gasteiger partial charge in [-0.15, -0.1) is 10.2 Å². The van der Waals surface area contributed by atoms with E-state index in [1.165, 1.54) is 29.5 Å². The molecule has 3 N–H and O–H groups in total. The molecule has 0 radical (unpaired) electrons. The molecule has 4 atom stereocenters. The molecule has 4 unspecified atom stereocenters. The SMILES string of the molecule is NC1C2CCC(C2)C1C(=O)Nc1ccc(Sc2nncs2)c(Cl)c1. The van der Waals surface area contributed by atoms with Crippen molar-refractivity contribution in [2.45, 2.75) is 34.5 Å². The van der Waals surface area contributed by atoms with Gasteiger partial charge >= 0.3 is 0 Å². The van der Waals surface area contributed by atoms with Crippen molar-refractivity contribution in [1.29, 1.82) is 0 Å². The third-order valence-electron chi connectivity index (χ3n) is 5.02. The number of nitrogens with two attached hydrogens (primary N) is 1. The van der Waals surface area contributed by atoms with Gasteiger partial charge in [0, 0.05) is 16.6 Å². The summed E-state index contributed by atoms with van der Waals surface area (Å²) >= 11 is 9.27. The molecule has 0 aliphatic heterocycles. The summed E-state index contributed by atoms with van der Waals surface area (Å²) in [7, 11) is 0. The van der Waals surface area contributed by atoms with E-state index >= 15 is 0 Å². The Labute approximate surface area is 153 Å². The van der Waals surface area contributed by atoms with Gasteiger partial charge in [-0.05, 0) is 49.3 Å². The van der Waals surface area contributed by atoms with E-state index in [0.717, 1.165) is 22.1 Å². The molecule has 5 nitrogen and oxygen atoms in total. The van der Waals surface area contributed by atoms with Crippen LogP contribution in [0.5, 0.6) is 0 Å². The van der Waals surface area contributed by atoms with Crippen LogP contribution in [0.1, 0.15) is 19.3 Å². The molecule has 2 aromatic rings. The van der Waals surface area contributed by atoms with Gasteiger partial charge < -0.3 is 11.1 Å². The van der Waals surface area contributed by atoms with Gasteiger partial charge in [-0.2, -0.15) is 0 Å². The fraction of sp³-hybridized carbons (Fsp3) is 0.438. The first-order valence-electron chi connectivity index (χ1n) is 7.92. The van der Waals surface area contributed by atoms with E-state index in [1.54, 1.807) is 11.6 Å². The highest BCUT2D eigenvalue weighted by Crippen LogP contribution is 2.48. The smallest absolute Gasteiger partial charge is 0.229 e. The number of nitrogens with zero attached hydrogens (tertiary/aromatic N) is 2. The molecule has 1 aromatic carbocycles. The van der Waals surface area contributed by atoms with Gasteiger partial charge in [0.15, 0.2) is 4.34 Å². The predicted octanol–water partition coefficient (Wildman–Crippen LogP) is 3.65. The summed E-state index contributed by atoms with van der Waals surface area (Å²) in [5.74, 6) is 0.904. The maximum absolute atomic E-state index is 12.6. The summed E-state index contributed by atoms with van der Waals surface area (Å²) in [6, 6.07) is 5.53. The van der Waals surface area contributed by atoms with E-state index in [-0.39, 0.29) is 17.9 Å². The summed E-state index contributed by atoms with van der Waals surface area (Å²) in [5, 5.41) is 11.4. The Morgan fingerprint density at radius 2 is 2.21 bits per heavy atom. The fourth-order valence-corrected chi connectivity index (χ4v) is 5.65. The van der Waals surface area contributed by atoms with E-state index < -0.39 is 0 Å². The van der Waals surface area contributed by atoms with Gasteiger partial charge in [-0.25, -0.2) is 0 Å². The van der Waals surface area contributed by atoms with Crippen LogP contribution in [0.2, 0.25) is 5.02 Å². The Kier molecular flexibility index (Phi) is 4.51. The van der Waals surface area contributed by atoms with Crippen molar-refractivity contribution in [2.75, 3.05) is 5.32 Å². The Morgan fingerprint density at radius 1 is 1.38 bits per heavy atom. The van der Waals surface area contributed by atoms with E-state index in [9.17, 15) is 4.79 Å². The van der Waals surface area contributed by atoms with Crippen LogP contribution < -0.4 is 11.1 Å². The van der Waals surface area contributed by atoms with Crippen molar-refractivity contribution in [3.05, 3.63) is 28.7 Å². The molecule has 0 saturated heterocycles. The molecule has 2 aliphatic rings. The molecule has 8 heteroatoms. The fourth-order valence-electron chi connectivity index (χ4n) is 3.91. The number of fused-ring (bicyclic) bond motifs is 2. The lowest BCUT2D eigenvalue weighted by atomic mass is 9.84. The lowest BCUT2D eigenvalue weighted by Crippen LogP contribution is -2.42. The molecular weight excluding hydrogens is 364 g/mol. The highest BCUT2D eigenvalue weighted by atomic mass is 35.5. The first kappa shape index (κ1) is 16.3. The molecule has 0 spiro atoms. The molecular formula is C16H17ClN4OS2. The van der Waals surface area contributed by atoms with Crippen LogP contribution >= 0.6 is 34.7 Å². The Hall–Kier alpha value is -1.15. The average molecular weight is 381 g/mol. The zero-order chi connectivity index (χ0) is 16.7. The van der Waals surface area contributed by atoms with Crippen LogP contribution in [-0.4, -0.2) is 22.1 Å². The van der Waals surface area contributed by atoms with E-state index in [2.05, 4.69) is 15.5 Å². The van der Waals surface area contributed by atoms with Crippen molar-refractivity contribution < 1.29 is 4.79 Å². The number of carbonyl (C=O) groups is 1. The van der Waals surface area contributed by atoms with E-state index in [4.69, 9.17) is 17.3 Å². The monoisotopic (exact) mass is 380 g/mol. The van der Waals surface area contributed by atoms with Crippen LogP contribution in [0, 0.1) is 17.8 Å². The van der Waals surface area contributed by atoms with Gasteiger partial charge in [0.05, 0.1) is 10.9 Å². The van der Waals surface area contributed by atoms with Crippen molar-refractivity contribution in [3.8, 4) is 0 Å². The number of rotatable bonds is 4. The third-order valence-corrected chi connectivity index (χ3v) is 7.30. The van der Waals surface area contributed by atoms with Crippen molar-refractivity contribution in [2.24, 2.45) is 23.5 Å². The van der Waals surface area contributed by atoms with Crippen LogP contribution in [0.3, 0.4) is 0 Å². The number of halogens is 1. The minimum Gasteiger partial charge on any atom is -0.327 e. The molecule has 24 heavy (non-hydrogen) atoms. The lowest BCUT2D eigenvalue weighted by molar-refractivity contribution is -0.121. The number of aromatic nitrogens is 2. The Morgan fingerprint density at radius 3 is 2.88 bits per heavy atom. The van der Waals surface area contributed by atoms with Crippen molar-refractivity contribution >= 4 is 46.3 Å². The lowest BCUT2D eigenvalue weighted by Gasteiger charge is -2.27. The topological polar surface area (TPSA) is 80.9 Å². The second-order valence-corrected chi connectivity index (χ2v) is 8.91. The zero-order valence-corrected chi connectivity index (χ0v) is 15.2. The summed E-state index contributed by atoms with van der Waals surface area (Å²) in [6.45, 7) is 0. The largest absolute Gasteiger partial charge is 0.327 e. The molecule has 126 valence electrons. The highest BCUT2D eigenvalue weighted by molar-refractivity contribution is 8.01. The highest BCUT2D eigenvalue weighted by Gasteiger charge is 2.49. The third kappa shape index (κ3) is 3.06. The first-order chi connectivity index (χ1) is 11.6. The van der Waals surface area contributed by atoms with Crippen LogP contribution in [0.4, 0.5) is 5.69 Å². The Bertz CT molecular complexity index is 753. The van der Waals surface area contributed by atoms with E-state index in [1.807, 2.05) is 12.1 Å². The predicted molar refractivity (Wildman–Crippen MR) is 96.4 cm³/mol. The minimum atomic E-state index is -0.0713. The zero-order valence-electron chi connectivity index (χ0n) is 12.8. The normalized spacial score (nSPS) is 28.2. The maximum atomic E-state index is 12.6. The molecule has 2 fully saturated rings. The summed E-state index contributed by atoms with van der Waals surface area (Å²) in [4.78, 5) is 13.5. The van der Waals surface area contributed by atoms with Crippen LogP contribution in [0.25, 0.3) is 0 Å². The minimum absolute atomic E-state index is 0.00791. The molecule has 1 amide bonds. The van der Waals surface area contributed by atoms with Crippen molar-refractivity contribution in [3.63, 3.8) is 0 Å². The second kappa shape index (κ2) is 6.63. The number of hydrogen-bond donors (Lipinski definition) is 2. The van der Waals surface area contributed by atoms with Crippen molar-refractivity contribution in [1.82, 2.24) is 10.2 Å². The molecule has 2 saturated carbocycles. The number of amides is 1. The van der Waals surface area contributed by atoms with Gasteiger partial charge in [-0.1, -0.05) is 34.7 Å². The van der Waals surface area contributed by atoms with Gasteiger partial charge in [0.1, 0.15) is 5.51 Å². The van der Waals surface area contributed by atoms with Gasteiger partial charge in [0.2, 0.25) is 5.91 Å². The average Bonchev–Trinajstić information content (AvgIpc) is 3.27. The number of hydrogen-bond acceptors (Lipinski definition) is 6. The molecule has 1 heterocycles. The molecule has 4 rings (SSSR count). The van der Waals surface area contributed by atoms with Crippen LogP contribution in [0.15, 0.2) is 32.9 Å². The standard InChI is InChI=1S/C16H17ClN4OS2/c17-11-6-10(3-4-12(11)24-16-21-19-7-23-16)20-15(22)13-8-1-2-9(5-8)14(13)18/h3-4,6-9,13-14H,1-2,5,18H2,(H,20,22). The number of carbonyl (C=O) groups excluding carboxylic acids is 1. The van der Waals surface area contributed by atoms with Gasteiger partial charge in [0.25, 0.3) is 0 Å². The Balaban J connectivity index is 1.45. The first-order valence-corrected chi connectivity index (χ1v) is 9.99. The number of benzene rings is 1. The molecule has 1 aromatic heterocycles. The molecule has 2 aliphatic carbocycles. The number of nitrogens with one attached hydrogen (secondary N) is 1. The summed E-state index contributed by atoms with van der Waals surface area (Å²) in [6.07, 6.45) is 3.38. The second-order valence-electron chi connectivity index (χ2n) is 6.38. The number of anilines is 1. The van der Waals surface area contributed by atoms with E-state index in [0.29, 0.717) is 22.5 Å².